The second kappa shape index (κ2) is 5.72. The van der Waals surface area contributed by atoms with E-state index in [4.69, 9.17) is 0 Å². The van der Waals surface area contributed by atoms with E-state index in [1.165, 1.54) is 5.56 Å². The van der Waals surface area contributed by atoms with Crippen LogP contribution in [0.1, 0.15) is 5.56 Å². The summed E-state index contributed by atoms with van der Waals surface area (Å²) in [6, 6.07) is 4.07. The van der Waals surface area contributed by atoms with E-state index in [9.17, 15) is 4.79 Å². The lowest BCUT2D eigenvalue weighted by molar-refractivity contribution is -0.109. The molecule has 0 saturated carbocycles. The third-order valence-corrected chi connectivity index (χ3v) is 2.93. The lowest BCUT2D eigenvalue weighted by atomic mass is 10.2. The molecule has 16 heavy (non-hydrogen) atoms. The van der Waals surface area contributed by atoms with Crippen molar-refractivity contribution in [2.24, 2.45) is 0 Å². The summed E-state index contributed by atoms with van der Waals surface area (Å²) in [5, 5.41) is 0. The van der Waals surface area contributed by atoms with Crippen molar-refractivity contribution in [3.8, 4) is 0 Å². The highest BCUT2D eigenvalue weighted by Crippen LogP contribution is 2.06. The average Bonchev–Trinajstić information content (AvgIpc) is 2.33. The van der Waals surface area contributed by atoms with Gasteiger partial charge in [0, 0.05) is 45.1 Å². The minimum absolute atomic E-state index is 0.570. The Hall–Kier alpha value is -1.26. The molecule has 1 aromatic heterocycles. The van der Waals surface area contributed by atoms with Crippen molar-refractivity contribution in [2.75, 3.05) is 32.7 Å². The molecule has 1 aliphatic rings. The first-order chi connectivity index (χ1) is 7.88. The Labute approximate surface area is 95.9 Å². The Morgan fingerprint density at radius 1 is 1.25 bits per heavy atom. The van der Waals surface area contributed by atoms with Gasteiger partial charge in [0.05, 0.1) is 6.54 Å². The van der Waals surface area contributed by atoms with Crippen molar-refractivity contribution in [1.82, 2.24) is 14.8 Å². The van der Waals surface area contributed by atoms with Gasteiger partial charge in [0.2, 0.25) is 0 Å². The standard InChI is InChI=1S/C12H17N3O/c16-9-8-14-4-6-15(7-5-14)11-12-2-1-3-13-10-12/h1-3,9-10H,4-8,11H2. The molecule has 1 saturated heterocycles. The van der Waals surface area contributed by atoms with Gasteiger partial charge in [0.25, 0.3) is 0 Å². The highest BCUT2D eigenvalue weighted by Gasteiger charge is 2.15. The van der Waals surface area contributed by atoms with Gasteiger partial charge < -0.3 is 4.79 Å². The van der Waals surface area contributed by atoms with E-state index in [0.29, 0.717) is 6.54 Å². The number of hydrogen-bond acceptors (Lipinski definition) is 4. The molecular weight excluding hydrogens is 202 g/mol. The maximum Gasteiger partial charge on any atom is 0.133 e. The SMILES string of the molecule is O=CCN1CCN(Cc2cccnc2)CC1. The van der Waals surface area contributed by atoms with Crippen LogP contribution in [0.2, 0.25) is 0 Å². The molecule has 0 N–H and O–H groups in total. The summed E-state index contributed by atoms with van der Waals surface area (Å²) in [6.45, 7) is 5.56. The molecule has 0 spiro atoms. The van der Waals surface area contributed by atoms with Crippen molar-refractivity contribution in [1.29, 1.82) is 0 Å². The third kappa shape index (κ3) is 3.12. The van der Waals surface area contributed by atoms with Gasteiger partial charge in [-0.05, 0) is 11.6 Å². The molecule has 1 fully saturated rings. The molecule has 0 bridgehead atoms. The Kier molecular flexibility index (Phi) is 4.02. The number of hydrogen-bond donors (Lipinski definition) is 0. The van der Waals surface area contributed by atoms with Crippen molar-refractivity contribution in [3.05, 3.63) is 30.1 Å². The highest BCUT2D eigenvalue weighted by atomic mass is 16.1. The molecule has 0 aromatic carbocycles. The maximum absolute atomic E-state index is 10.4. The van der Waals surface area contributed by atoms with E-state index in [1.54, 1.807) is 6.20 Å². The molecular formula is C12H17N3O. The number of rotatable bonds is 4. The quantitative estimate of drug-likeness (QED) is 0.687. The predicted octanol–water partition coefficient (Wildman–Crippen LogP) is 0.398. The average molecular weight is 219 g/mol. The Balaban J connectivity index is 1.79. The zero-order chi connectivity index (χ0) is 11.2. The fraction of sp³-hybridized carbons (Fsp3) is 0.500. The first-order valence-corrected chi connectivity index (χ1v) is 5.66. The van der Waals surface area contributed by atoms with Crippen LogP contribution in [0.4, 0.5) is 0 Å². The summed E-state index contributed by atoms with van der Waals surface area (Å²) in [4.78, 5) is 19.1. The van der Waals surface area contributed by atoms with Crippen LogP contribution in [-0.2, 0) is 11.3 Å². The molecule has 0 unspecified atom stereocenters. The van der Waals surface area contributed by atoms with Gasteiger partial charge in [-0.15, -0.1) is 0 Å². The minimum atomic E-state index is 0.570. The van der Waals surface area contributed by atoms with Crippen LogP contribution in [0.3, 0.4) is 0 Å². The van der Waals surface area contributed by atoms with E-state index in [2.05, 4.69) is 20.9 Å². The fourth-order valence-corrected chi connectivity index (χ4v) is 1.99. The number of nitrogens with zero attached hydrogens (tertiary/aromatic N) is 3. The summed E-state index contributed by atoms with van der Waals surface area (Å²) >= 11 is 0. The number of piperazine rings is 1. The van der Waals surface area contributed by atoms with Gasteiger partial charge in [0.1, 0.15) is 6.29 Å². The number of aldehydes is 1. The molecule has 86 valence electrons. The number of pyridine rings is 1. The van der Waals surface area contributed by atoms with Gasteiger partial charge in [-0.1, -0.05) is 6.07 Å². The van der Waals surface area contributed by atoms with Crippen molar-refractivity contribution in [2.45, 2.75) is 6.54 Å². The second-order valence-electron chi connectivity index (χ2n) is 4.10. The summed E-state index contributed by atoms with van der Waals surface area (Å²) in [7, 11) is 0. The summed E-state index contributed by atoms with van der Waals surface area (Å²) in [6.07, 6.45) is 4.69. The van der Waals surface area contributed by atoms with Crippen LogP contribution in [0.15, 0.2) is 24.5 Å². The molecule has 2 heterocycles. The molecule has 2 rings (SSSR count). The predicted molar refractivity (Wildman–Crippen MR) is 62.0 cm³/mol. The monoisotopic (exact) mass is 219 g/mol. The van der Waals surface area contributed by atoms with Gasteiger partial charge in [-0.3, -0.25) is 14.8 Å². The summed E-state index contributed by atoms with van der Waals surface area (Å²) < 4.78 is 0. The van der Waals surface area contributed by atoms with Crippen LogP contribution in [0, 0.1) is 0 Å². The molecule has 0 aliphatic carbocycles. The van der Waals surface area contributed by atoms with Gasteiger partial charge in [-0.25, -0.2) is 0 Å². The number of aromatic nitrogens is 1. The summed E-state index contributed by atoms with van der Waals surface area (Å²) in [5.74, 6) is 0. The Morgan fingerprint density at radius 3 is 2.62 bits per heavy atom. The number of carbonyl (C=O) groups excluding carboxylic acids is 1. The van der Waals surface area contributed by atoms with Crippen LogP contribution in [0.25, 0.3) is 0 Å². The van der Waals surface area contributed by atoms with E-state index >= 15 is 0 Å². The van der Waals surface area contributed by atoms with Crippen LogP contribution >= 0.6 is 0 Å². The van der Waals surface area contributed by atoms with Crippen molar-refractivity contribution in [3.63, 3.8) is 0 Å². The van der Waals surface area contributed by atoms with Crippen molar-refractivity contribution >= 4 is 6.29 Å². The lowest BCUT2D eigenvalue weighted by Crippen LogP contribution is -2.46. The van der Waals surface area contributed by atoms with Crippen molar-refractivity contribution < 1.29 is 4.79 Å². The maximum atomic E-state index is 10.4. The third-order valence-electron chi connectivity index (χ3n) is 2.93. The van der Waals surface area contributed by atoms with E-state index < -0.39 is 0 Å². The second-order valence-corrected chi connectivity index (χ2v) is 4.10. The molecule has 0 atom stereocenters. The molecule has 1 aliphatic heterocycles. The van der Waals surface area contributed by atoms with E-state index in [0.717, 1.165) is 39.0 Å². The molecule has 1 aromatic rings. The fourth-order valence-electron chi connectivity index (χ4n) is 1.99. The molecule has 0 amide bonds. The number of carbonyl (C=O) groups is 1. The Bertz CT molecular complexity index is 320. The van der Waals surface area contributed by atoms with E-state index in [-0.39, 0.29) is 0 Å². The highest BCUT2D eigenvalue weighted by molar-refractivity contribution is 5.51. The van der Waals surface area contributed by atoms with Crippen LogP contribution < -0.4 is 0 Å². The van der Waals surface area contributed by atoms with Gasteiger partial charge in [-0.2, -0.15) is 0 Å². The zero-order valence-electron chi connectivity index (χ0n) is 9.38. The largest absolute Gasteiger partial charge is 0.302 e. The molecule has 4 nitrogen and oxygen atoms in total. The first-order valence-electron chi connectivity index (χ1n) is 5.66. The van der Waals surface area contributed by atoms with Gasteiger partial charge >= 0.3 is 0 Å². The van der Waals surface area contributed by atoms with Gasteiger partial charge in [0.15, 0.2) is 0 Å². The van der Waals surface area contributed by atoms with E-state index in [1.807, 2.05) is 12.3 Å². The van der Waals surface area contributed by atoms with Crippen LogP contribution in [-0.4, -0.2) is 53.8 Å². The van der Waals surface area contributed by atoms with Crippen LogP contribution in [0.5, 0.6) is 0 Å². The lowest BCUT2D eigenvalue weighted by Gasteiger charge is -2.33. The summed E-state index contributed by atoms with van der Waals surface area (Å²) in [5.41, 5.74) is 1.26. The molecule has 0 radical (unpaired) electrons. The topological polar surface area (TPSA) is 36.4 Å². The Morgan fingerprint density at radius 2 is 2.00 bits per heavy atom. The normalized spacial score (nSPS) is 18.5. The zero-order valence-corrected chi connectivity index (χ0v) is 9.38. The smallest absolute Gasteiger partial charge is 0.133 e. The molecule has 4 heteroatoms. The minimum Gasteiger partial charge on any atom is -0.302 e. The first kappa shape index (κ1) is 11.2.